The van der Waals surface area contributed by atoms with Crippen molar-refractivity contribution in [3.8, 4) is 5.75 Å². The molecule has 2 amide bonds. The fourth-order valence-corrected chi connectivity index (χ4v) is 4.44. The topological polar surface area (TPSA) is 75.9 Å². The summed E-state index contributed by atoms with van der Waals surface area (Å²) >= 11 is 0. The van der Waals surface area contributed by atoms with Crippen molar-refractivity contribution in [2.45, 2.75) is 45.4 Å². The molecule has 1 aliphatic heterocycles. The van der Waals surface area contributed by atoms with Crippen LogP contribution in [0.5, 0.6) is 5.75 Å². The molecule has 1 saturated carbocycles. The summed E-state index contributed by atoms with van der Waals surface area (Å²) in [6.07, 6.45) is 6.26. The minimum absolute atomic E-state index is 0. The van der Waals surface area contributed by atoms with Gasteiger partial charge >= 0.3 is 0 Å². The summed E-state index contributed by atoms with van der Waals surface area (Å²) in [6.45, 7) is 5.30. The zero-order valence-electron chi connectivity index (χ0n) is 17.4. The van der Waals surface area contributed by atoms with E-state index in [1.54, 1.807) is 6.07 Å². The molecular weight excluding hydrogens is 390 g/mol. The zero-order chi connectivity index (χ0) is 20.0. The van der Waals surface area contributed by atoms with Crippen molar-refractivity contribution in [1.82, 2.24) is 9.80 Å². The molecule has 1 heterocycles. The Morgan fingerprint density at radius 3 is 2.28 bits per heavy atom. The van der Waals surface area contributed by atoms with Gasteiger partial charge in [0.1, 0.15) is 5.75 Å². The quantitative estimate of drug-likeness (QED) is 0.762. The third kappa shape index (κ3) is 5.64. The number of ether oxygens (including phenoxy) is 1. The van der Waals surface area contributed by atoms with Gasteiger partial charge in [-0.15, -0.1) is 12.4 Å². The number of rotatable bonds is 6. The third-order valence-electron chi connectivity index (χ3n) is 6.21. The first-order valence-corrected chi connectivity index (χ1v) is 10.6. The SMILES string of the molecule is CCOc1ccccc1C(=O)N1CCN(C(=O)CC2(CN)CCCCC2)CC1.Cl. The van der Waals surface area contributed by atoms with Crippen molar-refractivity contribution in [1.29, 1.82) is 0 Å². The maximum absolute atomic E-state index is 12.9. The smallest absolute Gasteiger partial charge is 0.257 e. The van der Waals surface area contributed by atoms with Gasteiger partial charge < -0.3 is 20.3 Å². The molecule has 0 radical (unpaired) electrons. The number of hydrogen-bond acceptors (Lipinski definition) is 4. The van der Waals surface area contributed by atoms with Crippen molar-refractivity contribution in [3.63, 3.8) is 0 Å². The molecule has 2 fully saturated rings. The second kappa shape index (κ2) is 10.8. The van der Waals surface area contributed by atoms with Crippen LogP contribution < -0.4 is 10.5 Å². The van der Waals surface area contributed by atoms with Crippen LogP contribution in [0.3, 0.4) is 0 Å². The van der Waals surface area contributed by atoms with Crippen LogP contribution in [0.15, 0.2) is 24.3 Å². The molecule has 1 aliphatic carbocycles. The minimum atomic E-state index is -0.0261. The van der Waals surface area contributed by atoms with E-state index in [1.807, 2.05) is 34.9 Å². The van der Waals surface area contributed by atoms with Gasteiger partial charge in [0.15, 0.2) is 0 Å². The minimum Gasteiger partial charge on any atom is -0.493 e. The maximum atomic E-state index is 12.9. The number of hydrogen-bond donors (Lipinski definition) is 1. The number of benzene rings is 1. The normalized spacial score (nSPS) is 18.7. The highest BCUT2D eigenvalue weighted by Crippen LogP contribution is 2.38. The van der Waals surface area contributed by atoms with Gasteiger partial charge in [-0.25, -0.2) is 0 Å². The van der Waals surface area contributed by atoms with E-state index in [2.05, 4.69) is 0 Å². The number of piperazine rings is 1. The summed E-state index contributed by atoms with van der Waals surface area (Å²) in [4.78, 5) is 29.5. The molecule has 1 aromatic rings. The summed E-state index contributed by atoms with van der Waals surface area (Å²) in [5, 5.41) is 0. The van der Waals surface area contributed by atoms with E-state index in [4.69, 9.17) is 10.5 Å². The van der Waals surface area contributed by atoms with Gasteiger partial charge in [-0.2, -0.15) is 0 Å². The van der Waals surface area contributed by atoms with Crippen LogP contribution in [0, 0.1) is 5.41 Å². The Balaban J connectivity index is 0.00000300. The first-order valence-electron chi connectivity index (χ1n) is 10.6. The predicted molar refractivity (Wildman–Crippen MR) is 117 cm³/mol. The van der Waals surface area contributed by atoms with E-state index in [1.165, 1.54) is 19.3 Å². The fraction of sp³-hybridized carbons (Fsp3) is 0.636. The molecule has 29 heavy (non-hydrogen) atoms. The van der Waals surface area contributed by atoms with Gasteiger partial charge in [0, 0.05) is 32.6 Å². The highest BCUT2D eigenvalue weighted by Gasteiger charge is 2.35. The van der Waals surface area contributed by atoms with E-state index >= 15 is 0 Å². The summed E-state index contributed by atoms with van der Waals surface area (Å²) < 4.78 is 5.59. The first-order chi connectivity index (χ1) is 13.6. The lowest BCUT2D eigenvalue weighted by molar-refractivity contribution is -0.135. The molecule has 162 valence electrons. The van der Waals surface area contributed by atoms with Crippen molar-refractivity contribution < 1.29 is 14.3 Å². The monoisotopic (exact) mass is 423 g/mol. The zero-order valence-corrected chi connectivity index (χ0v) is 18.2. The van der Waals surface area contributed by atoms with Gasteiger partial charge in [-0.3, -0.25) is 9.59 Å². The van der Waals surface area contributed by atoms with Gasteiger partial charge in [-0.1, -0.05) is 31.4 Å². The van der Waals surface area contributed by atoms with E-state index in [0.717, 1.165) is 12.8 Å². The molecule has 1 saturated heterocycles. The Morgan fingerprint density at radius 2 is 1.66 bits per heavy atom. The molecule has 0 bridgehead atoms. The Hall–Kier alpha value is -1.79. The van der Waals surface area contributed by atoms with E-state index in [9.17, 15) is 9.59 Å². The summed E-state index contributed by atoms with van der Waals surface area (Å²) in [5.41, 5.74) is 6.62. The van der Waals surface area contributed by atoms with Crippen LogP contribution in [-0.2, 0) is 4.79 Å². The summed E-state index contributed by atoms with van der Waals surface area (Å²) in [7, 11) is 0. The molecule has 2 aliphatic rings. The first kappa shape index (κ1) is 23.5. The largest absolute Gasteiger partial charge is 0.493 e. The number of nitrogens with zero attached hydrogens (tertiary/aromatic N) is 2. The Labute approximate surface area is 180 Å². The van der Waals surface area contributed by atoms with E-state index in [-0.39, 0.29) is 29.6 Å². The third-order valence-corrected chi connectivity index (χ3v) is 6.21. The highest BCUT2D eigenvalue weighted by molar-refractivity contribution is 5.97. The van der Waals surface area contributed by atoms with Crippen LogP contribution in [0.1, 0.15) is 55.8 Å². The second-order valence-corrected chi connectivity index (χ2v) is 8.04. The summed E-state index contributed by atoms with van der Waals surface area (Å²) in [6, 6.07) is 7.36. The van der Waals surface area contributed by atoms with Crippen LogP contribution in [0.25, 0.3) is 0 Å². The molecule has 2 N–H and O–H groups in total. The lowest BCUT2D eigenvalue weighted by Crippen LogP contribution is -2.52. The molecule has 0 aromatic heterocycles. The van der Waals surface area contributed by atoms with E-state index < -0.39 is 0 Å². The molecular formula is C22H34ClN3O3. The Bertz CT molecular complexity index is 684. The van der Waals surface area contributed by atoms with Crippen LogP contribution in [-0.4, -0.2) is 60.9 Å². The van der Waals surface area contributed by atoms with Crippen LogP contribution >= 0.6 is 12.4 Å². The van der Waals surface area contributed by atoms with Crippen LogP contribution in [0.2, 0.25) is 0 Å². The van der Waals surface area contributed by atoms with Gasteiger partial charge in [0.25, 0.3) is 5.91 Å². The van der Waals surface area contributed by atoms with Crippen molar-refractivity contribution in [2.75, 3.05) is 39.3 Å². The Kier molecular flexibility index (Phi) is 8.78. The molecule has 7 heteroatoms. The number of halogens is 1. The number of nitrogens with two attached hydrogens (primary N) is 1. The van der Waals surface area contributed by atoms with Gasteiger partial charge in [-0.05, 0) is 43.9 Å². The van der Waals surface area contributed by atoms with Crippen molar-refractivity contribution >= 4 is 24.2 Å². The average Bonchev–Trinajstić information content (AvgIpc) is 2.74. The fourth-order valence-electron chi connectivity index (χ4n) is 4.44. The molecule has 1 aromatic carbocycles. The molecule has 6 nitrogen and oxygen atoms in total. The molecule has 0 spiro atoms. The second-order valence-electron chi connectivity index (χ2n) is 8.04. The number of amides is 2. The number of carbonyl (C=O) groups is 2. The van der Waals surface area contributed by atoms with Gasteiger partial charge in [0.2, 0.25) is 5.91 Å². The standard InChI is InChI=1S/C22H33N3O3.ClH/c1-2-28-19-9-5-4-8-18(19)21(27)25-14-12-24(13-15-25)20(26)16-22(17-23)10-6-3-7-11-22;/h4-5,8-9H,2-3,6-7,10-17,23H2,1H3;1H. The highest BCUT2D eigenvalue weighted by atomic mass is 35.5. The molecule has 0 unspecified atom stereocenters. The number of para-hydroxylation sites is 1. The molecule has 3 rings (SSSR count). The van der Waals surface area contributed by atoms with Gasteiger partial charge in [0.05, 0.1) is 12.2 Å². The number of carbonyl (C=O) groups excluding carboxylic acids is 2. The lowest BCUT2D eigenvalue weighted by Gasteiger charge is -2.39. The summed E-state index contributed by atoms with van der Waals surface area (Å²) in [5.74, 6) is 0.784. The van der Waals surface area contributed by atoms with Crippen LogP contribution in [0.4, 0.5) is 0 Å². The van der Waals surface area contributed by atoms with Crippen molar-refractivity contribution in [3.05, 3.63) is 29.8 Å². The molecule has 0 atom stereocenters. The Morgan fingerprint density at radius 1 is 1.03 bits per heavy atom. The van der Waals surface area contributed by atoms with E-state index in [0.29, 0.717) is 57.1 Å². The van der Waals surface area contributed by atoms with Crippen molar-refractivity contribution in [2.24, 2.45) is 11.1 Å². The lowest BCUT2D eigenvalue weighted by atomic mass is 9.71. The maximum Gasteiger partial charge on any atom is 0.257 e. The predicted octanol–water partition coefficient (Wildman–Crippen LogP) is 3.09. The average molecular weight is 424 g/mol.